The molecule has 2 aliphatic rings. The largest absolute Gasteiger partial charge is 0.444 e. The highest BCUT2D eigenvalue weighted by atomic mass is 16.6. The molecule has 2 fully saturated rings. The van der Waals surface area contributed by atoms with Crippen LogP contribution in [0.4, 0.5) is 4.79 Å². The Balaban J connectivity index is 1.37. The maximum Gasteiger partial charge on any atom is 0.407 e. The Kier molecular flexibility index (Phi) is 4.13. The Bertz CT molecular complexity index is 529. The van der Waals surface area contributed by atoms with Gasteiger partial charge in [-0.15, -0.1) is 0 Å². The standard InChI is InChI=1S/C18H26N2O2/c1-18(2,3)22-17(21)20-16-10-15(16)19-11-12-4-6-13(7-5-12)14-8-9-14/h4-7,14-16,19H,8-11H2,1-3H3,(H,20,21). The number of amides is 1. The van der Waals surface area contributed by atoms with Crippen molar-refractivity contribution in [2.75, 3.05) is 0 Å². The molecule has 0 saturated heterocycles. The molecule has 2 saturated carbocycles. The summed E-state index contributed by atoms with van der Waals surface area (Å²) in [4.78, 5) is 11.7. The van der Waals surface area contributed by atoms with Crippen molar-refractivity contribution in [3.05, 3.63) is 35.4 Å². The Morgan fingerprint density at radius 3 is 2.45 bits per heavy atom. The van der Waals surface area contributed by atoms with Crippen molar-refractivity contribution in [3.63, 3.8) is 0 Å². The Morgan fingerprint density at radius 1 is 1.18 bits per heavy atom. The lowest BCUT2D eigenvalue weighted by Gasteiger charge is -2.19. The quantitative estimate of drug-likeness (QED) is 0.877. The molecular formula is C18H26N2O2. The van der Waals surface area contributed by atoms with Gasteiger partial charge in [0.25, 0.3) is 0 Å². The minimum Gasteiger partial charge on any atom is -0.444 e. The van der Waals surface area contributed by atoms with Crippen molar-refractivity contribution in [1.82, 2.24) is 10.6 Å². The molecule has 0 bridgehead atoms. The first-order chi connectivity index (χ1) is 10.4. The number of hydrogen-bond acceptors (Lipinski definition) is 3. The van der Waals surface area contributed by atoms with Crippen LogP contribution in [0.1, 0.15) is 57.1 Å². The minimum atomic E-state index is -0.439. The molecule has 22 heavy (non-hydrogen) atoms. The van der Waals surface area contributed by atoms with Gasteiger partial charge in [0.15, 0.2) is 0 Å². The lowest BCUT2D eigenvalue weighted by atomic mass is 10.1. The summed E-state index contributed by atoms with van der Waals surface area (Å²) in [6.07, 6.45) is 3.34. The number of carbonyl (C=O) groups excluding carboxylic acids is 1. The van der Waals surface area contributed by atoms with E-state index in [9.17, 15) is 4.79 Å². The fourth-order valence-electron chi connectivity index (χ4n) is 2.61. The summed E-state index contributed by atoms with van der Waals surface area (Å²) in [6.45, 7) is 6.48. The van der Waals surface area contributed by atoms with E-state index in [1.54, 1.807) is 0 Å². The average Bonchev–Trinajstić information content (AvgIpc) is 3.31. The second kappa shape index (κ2) is 5.92. The number of carbonyl (C=O) groups is 1. The van der Waals surface area contributed by atoms with Gasteiger partial charge < -0.3 is 15.4 Å². The molecular weight excluding hydrogens is 276 g/mol. The highest BCUT2D eigenvalue weighted by Gasteiger charge is 2.38. The third-order valence-electron chi connectivity index (χ3n) is 4.09. The second-order valence-electron chi connectivity index (χ2n) is 7.49. The van der Waals surface area contributed by atoms with Crippen LogP contribution in [-0.2, 0) is 11.3 Å². The molecule has 0 heterocycles. The number of rotatable bonds is 5. The van der Waals surface area contributed by atoms with Gasteiger partial charge in [0, 0.05) is 18.6 Å². The molecule has 1 aromatic carbocycles. The van der Waals surface area contributed by atoms with Gasteiger partial charge in [0.05, 0.1) is 0 Å². The van der Waals surface area contributed by atoms with Crippen LogP contribution in [0.3, 0.4) is 0 Å². The van der Waals surface area contributed by atoms with Crippen LogP contribution in [0.2, 0.25) is 0 Å². The van der Waals surface area contributed by atoms with Crippen LogP contribution in [0.15, 0.2) is 24.3 Å². The van der Waals surface area contributed by atoms with Gasteiger partial charge in [-0.2, -0.15) is 0 Å². The minimum absolute atomic E-state index is 0.195. The Morgan fingerprint density at radius 2 is 1.86 bits per heavy atom. The lowest BCUT2D eigenvalue weighted by Crippen LogP contribution is -2.36. The average molecular weight is 302 g/mol. The number of hydrogen-bond donors (Lipinski definition) is 2. The van der Waals surface area contributed by atoms with E-state index < -0.39 is 5.60 Å². The SMILES string of the molecule is CC(C)(C)OC(=O)NC1CC1NCc1ccc(C2CC2)cc1. The molecule has 2 aliphatic carbocycles. The molecule has 1 amide bonds. The fraction of sp³-hybridized carbons (Fsp3) is 0.611. The van der Waals surface area contributed by atoms with Crippen molar-refractivity contribution in [2.45, 2.75) is 70.2 Å². The molecule has 4 heteroatoms. The molecule has 4 nitrogen and oxygen atoms in total. The molecule has 120 valence electrons. The molecule has 0 radical (unpaired) electrons. The van der Waals surface area contributed by atoms with Crippen LogP contribution in [-0.4, -0.2) is 23.8 Å². The first-order valence-electron chi connectivity index (χ1n) is 8.22. The monoisotopic (exact) mass is 302 g/mol. The van der Waals surface area contributed by atoms with Gasteiger partial charge in [0.2, 0.25) is 0 Å². The molecule has 0 spiro atoms. The molecule has 2 unspecified atom stereocenters. The van der Waals surface area contributed by atoms with E-state index in [2.05, 4.69) is 34.9 Å². The molecule has 3 rings (SSSR count). The molecule has 1 aromatic rings. The van der Waals surface area contributed by atoms with Gasteiger partial charge in [-0.3, -0.25) is 0 Å². The van der Waals surface area contributed by atoms with Crippen molar-refractivity contribution in [1.29, 1.82) is 0 Å². The number of nitrogens with one attached hydrogen (secondary N) is 2. The van der Waals surface area contributed by atoms with Crippen molar-refractivity contribution in [2.24, 2.45) is 0 Å². The smallest absolute Gasteiger partial charge is 0.407 e. The van der Waals surface area contributed by atoms with E-state index in [1.807, 2.05) is 20.8 Å². The van der Waals surface area contributed by atoms with Gasteiger partial charge in [0.1, 0.15) is 5.60 Å². The fourth-order valence-corrected chi connectivity index (χ4v) is 2.61. The predicted molar refractivity (Wildman–Crippen MR) is 86.8 cm³/mol. The van der Waals surface area contributed by atoms with Crippen LogP contribution in [0.25, 0.3) is 0 Å². The molecule has 0 aromatic heterocycles. The van der Waals surface area contributed by atoms with Crippen molar-refractivity contribution < 1.29 is 9.53 Å². The van der Waals surface area contributed by atoms with E-state index in [4.69, 9.17) is 4.74 Å². The van der Waals surface area contributed by atoms with E-state index in [-0.39, 0.29) is 12.1 Å². The third kappa shape index (κ3) is 4.47. The zero-order valence-corrected chi connectivity index (χ0v) is 13.7. The summed E-state index contributed by atoms with van der Waals surface area (Å²) in [5.41, 5.74) is 2.33. The normalized spacial score (nSPS) is 24.0. The van der Waals surface area contributed by atoms with Crippen LogP contribution in [0.5, 0.6) is 0 Å². The summed E-state index contributed by atoms with van der Waals surface area (Å²) in [6, 6.07) is 9.46. The predicted octanol–water partition coefficient (Wildman–Crippen LogP) is 3.32. The number of alkyl carbamates (subject to hydrolysis) is 1. The summed E-state index contributed by atoms with van der Waals surface area (Å²) in [7, 11) is 0. The van der Waals surface area contributed by atoms with E-state index >= 15 is 0 Å². The maximum atomic E-state index is 11.7. The van der Waals surface area contributed by atoms with Crippen LogP contribution < -0.4 is 10.6 Å². The summed E-state index contributed by atoms with van der Waals surface area (Å²) in [5.74, 6) is 0.813. The van der Waals surface area contributed by atoms with E-state index in [0.29, 0.717) is 6.04 Å². The summed E-state index contributed by atoms with van der Waals surface area (Å²) >= 11 is 0. The number of benzene rings is 1. The maximum absolute atomic E-state index is 11.7. The number of ether oxygens (including phenoxy) is 1. The van der Waals surface area contributed by atoms with Crippen molar-refractivity contribution >= 4 is 6.09 Å². The molecule has 0 aliphatic heterocycles. The van der Waals surface area contributed by atoms with Gasteiger partial charge in [-0.25, -0.2) is 4.79 Å². The first kappa shape index (κ1) is 15.3. The Labute approximate surface area is 132 Å². The van der Waals surface area contributed by atoms with Gasteiger partial charge in [-0.05, 0) is 57.1 Å². The Hall–Kier alpha value is -1.55. The van der Waals surface area contributed by atoms with Crippen LogP contribution >= 0.6 is 0 Å². The topological polar surface area (TPSA) is 50.4 Å². The summed E-state index contributed by atoms with van der Waals surface area (Å²) in [5, 5.41) is 6.39. The molecule has 2 atom stereocenters. The molecule has 2 N–H and O–H groups in total. The zero-order valence-electron chi connectivity index (χ0n) is 13.7. The lowest BCUT2D eigenvalue weighted by molar-refractivity contribution is 0.0522. The highest BCUT2D eigenvalue weighted by Crippen LogP contribution is 2.39. The second-order valence-corrected chi connectivity index (χ2v) is 7.49. The van der Waals surface area contributed by atoms with E-state index in [1.165, 1.54) is 24.0 Å². The zero-order chi connectivity index (χ0) is 15.7. The summed E-state index contributed by atoms with van der Waals surface area (Å²) < 4.78 is 5.26. The first-order valence-corrected chi connectivity index (χ1v) is 8.22. The van der Waals surface area contributed by atoms with Crippen LogP contribution in [0, 0.1) is 0 Å². The van der Waals surface area contributed by atoms with Gasteiger partial charge in [-0.1, -0.05) is 24.3 Å². The third-order valence-corrected chi connectivity index (χ3v) is 4.09. The highest BCUT2D eigenvalue weighted by molar-refractivity contribution is 5.68. The van der Waals surface area contributed by atoms with E-state index in [0.717, 1.165) is 18.9 Å². The van der Waals surface area contributed by atoms with Gasteiger partial charge >= 0.3 is 6.09 Å². The van der Waals surface area contributed by atoms with Crippen molar-refractivity contribution in [3.8, 4) is 0 Å².